The molecule has 3 rings (SSSR count). The van der Waals surface area contributed by atoms with Crippen LogP contribution in [0.5, 0.6) is 0 Å². The second-order valence-corrected chi connectivity index (χ2v) is 7.16. The van der Waals surface area contributed by atoms with Crippen molar-refractivity contribution in [3.63, 3.8) is 0 Å². The van der Waals surface area contributed by atoms with E-state index in [-0.39, 0.29) is 0 Å². The molecule has 0 saturated heterocycles. The van der Waals surface area contributed by atoms with E-state index in [9.17, 15) is 0 Å². The molecule has 2 aliphatic carbocycles. The van der Waals surface area contributed by atoms with E-state index in [1.165, 1.54) is 24.8 Å². The van der Waals surface area contributed by atoms with Crippen LogP contribution in [0, 0.1) is 23.7 Å². The van der Waals surface area contributed by atoms with Gasteiger partial charge in [0.2, 0.25) is 0 Å². The minimum Gasteiger partial charge on any atom is -0.0617 e. The summed E-state index contributed by atoms with van der Waals surface area (Å²) in [7, 11) is 0. The summed E-state index contributed by atoms with van der Waals surface area (Å²) in [5, 5.41) is 0. The van der Waals surface area contributed by atoms with Crippen LogP contribution in [0.15, 0.2) is 24.3 Å². The van der Waals surface area contributed by atoms with Gasteiger partial charge >= 0.3 is 0 Å². The third kappa shape index (κ3) is 1.44. The summed E-state index contributed by atoms with van der Waals surface area (Å²) in [5.41, 5.74) is 3.96. The van der Waals surface area contributed by atoms with Crippen LogP contribution in [0.4, 0.5) is 0 Å². The molecule has 3 atom stereocenters. The predicted molar refractivity (Wildman–Crippen MR) is 77.5 cm³/mol. The SMILES string of the molecule is [CH2]Cc1cccc(C2CC3CCC2(C)C3(C)C)c1. The maximum Gasteiger partial charge on any atom is -0.00998 e. The average molecular weight is 241 g/mol. The smallest absolute Gasteiger partial charge is 0.00998 e. The third-order valence-corrected chi connectivity index (χ3v) is 6.44. The van der Waals surface area contributed by atoms with Crippen molar-refractivity contribution in [3.05, 3.63) is 42.3 Å². The lowest BCUT2D eigenvalue weighted by atomic mass is 9.65. The molecule has 18 heavy (non-hydrogen) atoms. The van der Waals surface area contributed by atoms with E-state index in [1.807, 2.05) is 0 Å². The standard InChI is InChI=1S/C18H25/c1-5-13-7-6-8-14(11-13)16-12-15-9-10-18(16,4)17(15,2)3/h6-8,11,15-16H,1,5,9-10,12H2,2-4H3. The molecule has 97 valence electrons. The fraction of sp³-hybridized carbons (Fsp3) is 0.611. The number of hydrogen-bond acceptors (Lipinski definition) is 0. The molecule has 0 aromatic heterocycles. The molecule has 0 spiro atoms. The summed E-state index contributed by atoms with van der Waals surface area (Å²) in [6.07, 6.45) is 5.15. The zero-order valence-electron chi connectivity index (χ0n) is 12.0. The van der Waals surface area contributed by atoms with Gasteiger partial charge in [0, 0.05) is 0 Å². The van der Waals surface area contributed by atoms with Crippen molar-refractivity contribution in [2.24, 2.45) is 16.7 Å². The molecule has 1 aromatic rings. The zero-order chi connectivity index (χ0) is 13.0. The van der Waals surface area contributed by atoms with Gasteiger partial charge in [0.05, 0.1) is 0 Å². The Balaban J connectivity index is 1.99. The fourth-order valence-corrected chi connectivity index (χ4v) is 4.67. The van der Waals surface area contributed by atoms with Gasteiger partial charge in [-0.05, 0) is 66.4 Å². The Labute approximate surface area is 112 Å². The van der Waals surface area contributed by atoms with Gasteiger partial charge in [-0.25, -0.2) is 0 Å². The molecule has 2 fully saturated rings. The highest BCUT2D eigenvalue weighted by molar-refractivity contribution is 5.32. The molecule has 1 aromatic carbocycles. The molecule has 2 saturated carbocycles. The number of hydrogen-bond donors (Lipinski definition) is 0. The Hall–Kier alpha value is -0.780. The van der Waals surface area contributed by atoms with Gasteiger partial charge in [0.15, 0.2) is 0 Å². The monoisotopic (exact) mass is 241 g/mol. The van der Waals surface area contributed by atoms with Gasteiger partial charge < -0.3 is 0 Å². The molecule has 0 nitrogen and oxygen atoms in total. The molecule has 0 aliphatic heterocycles. The second kappa shape index (κ2) is 3.85. The molecular formula is C18H25. The lowest BCUT2D eigenvalue weighted by molar-refractivity contribution is 0.134. The first-order valence-corrected chi connectivity index (χ1v) is 7.37. The predicted octanol–water partition coefficient (Wildman–Crippen LogP) is 4.99. The minimum absolute atomic E-state index is 0.497. The number of benzene rings is 1. The third-order valence-electron chi connectivity index (χ3n) is 6.44. The van der Waals surface area contributed by atoms with E-state index in [2.05, 4.69) is 52.0 Å². The van der Waals surface area contributed by atoms with Crippen molar-refractivity contribution in [2.75, 3.05) is 0 Å². The maximum absolute atomic E-state index is 4.02. The summed E-state index contributed by atoms with van der Waals surface area (Å²) in [6, 6.07) is 9.17. The highest BCUT2D eigenvalue weighted by Crippen LogP contribution is 2.70. The number of fused-ring (bicyclic) bond motifs is 2. The molecule has 2 bridgehead atoms. The molecule has 3 unspecified atom stereocenters. The molecule has 1 radical (unpaired) electrons. The lowest BCUT2D eigenvalue weighted by Crippen LogP contribution is -2.31. The first kappa shape index (κ1) is 12.3. The van der Waals surface area contributed by atoms with Crippen LogP contribution in [-0.2, 0) is 6.42 Å². The molecule has 0 N–H and O–H groups in total. The van der Waals surface area contributed by atoms with Gasteiger partial charge in [-0.15, -0.1) is 0 Å². The average Bonchev–Trinajstić information content (AvgIpc) is 2.71. The van der Waals surface area contributed by atoms with E-state index < -0.39 is 0 Å². The highest BCUT2D eigenvalue weighted by atomic mass is 14.7. The fourth-order valence-electron chi connectivity index (χ4n) is 4.67. The van der Waals surface area contributed by atoms with Crippen molar-refractivity contribution in [2.45, 2.75) is 52.4 Å². The van der Waals surface area contributed by atoms with Crippen LogP contribution < -0.4 is 0 Å². The zero-order valence-corrected chi connectivity index (χ0v) is 12.0. The molecule has 0 heteroatoms. The van der Waals surface area contributed by atoms with Crippen LogP contribution in [0.2, 0.25) is 0 Å². The minimum atomic E-state index is 0.497. The first-order valence-electron chi connectivity index (χ1n) is 7.37. The van der Waals surface area contributed by atoms with Gasteiger partial charge in [0.25, 0.3) is 0 Å². The second-order valence-electron chi connectivity index (χ2n) is 7.16. The summed E-state index contributed by atoms with van der Waals surface area (Å²) < 4.78 is 0. The van der Waals surface area contributed by atoms with Crippen LogP contribution in [0.3, 0.4) is 0 Å². The topological polar surface area (TPSA) is 0 Å². The Morgan fingerprint density at radius 3 is 2.61 bits per heavy atom. The van der Waals surface area contributed by atoms with Crippen molar-refractivity contribution < 1.29 is 0 Å². The Kier molecular flexibility index (Phi) is 2.63. The summed E-state index contributed by atoms with van der Waals surface area (Å²) in [4.78, 5) is 0. The van der Waals surface area contributed by atoms with Crippen molar-refractivity contribution in [1.29, 1.82) is 0 Å². The van der Waals surface area contributed by atoms with Crippen LogP contribution >= 0.6 is 0 Å². The van der Waals surface area contributed by atoms with Gasteiger partial charge in [0.1, 0.15) is 0 Å². The highest BCUT2D eigenvalue weighted by Gasteiger charge is 2.61. The van der Waals surface area contributed by atoms with Crippen LogP contribution in [0.25, 0.3) is 0 Å². The number of rotatable bonds is 2. The lowest BCUT2D eigenvalue weighted by Gasteiger charge is -2.39. The quantitative estimate of drug-likeness (QED) is 0.684. The Morgan fingerprint density at radius 1 is 1.28 bits per heavy atom. The van der Waals surface area contributed by atoms with E-state index in [4.69, 9.17) is 0 Å². The molecule has 0 heterocycles. The molecule has 0 amide bonds. The van der Waals surface area contributed by atoms with Gasteiger partial charge in [-0.3, -0.25) is 0 Å². The van der Waals surface area contributed by atoms with E-state index >= 15 is 0 Å². The van der Waals surface area contributed by atoms with Crippen molar-refractivity contribution in [3.8, 4) is 0 Å². The summed E-state index contributed by atoms with van der Waals surface area (Å²) in [6.45, 7) is 11.5. The first-order chi connectivity index (χ1) is 8.49. The Morgan fingerprint density at radius 2 is 2.06 bits per heavy atom. The van der Waals surface area contributed by atoms with E-state index in [1.54, 1.807) is 5.56 Å². The largest absolute Gasteiger partial charge is 0.0617 e. The molecular weight excluding hydrogens is 216 g/mol. The van der Waals surface area contributed by atoms with Gasteiger partial charge in [-0.1, -0.05) is 45.0 Å². The van der Waals surface area contributed by atoms with E-state index in [0.717, 1.165) is 18.3 Å². The summed E-state index contributed by atoms with van der Waals surface area (Å²) in [5.74, 6) is 1.69. The van der Waals surface area contributed by atoms with E-state index in [0.29, 0.717) is 10.8 Å². The Bertz CT molecular complexity index is 457. The molecule has 2 aliphatic rings. The van der Waals surface area contributed by atoms with Gasteiger partial charge in [-0.2, -0.15) is 0 Å². The summed E-state index contributed by atoms with van der Waals surface area (Å²) >= 11 is 0. The van der Waals surface area contributed by atoms with Crippen molar-refractivity contribution >= 4 is 0 Å². The normalized spacial score (nSPS) is 37.1. The van der Waals surface area contributed by atoms with Crippen LogP contribution in [0.1, 0.15) is 57.1 Å². The van der Waals surface area contributed by atoms with Crippen molar-refractivity contribution in [1.82, 2.24) is 0 Å². The van der Waals surface area contributed by atoms with Crippen LogP contribution in [-0.4, -0.2) is 0 Å². The maximum atomic E-state index is 4.02.